The Morgan fingerprint density at radius 1 is 1.00 bits per heavy atom. The number of amides is 1. The molecule has 0 atom stereocenters. The first kappa shape index (κ1) is 21.9. The number of halogens is 1. The van der Waals surface area contributed by atoms with Crippen LogP contribution in [0.4, 0.5) is 21.5 Å². The number of hydrogen-bond acceptors (Lipinski definition) is 5. The van der Waals surface area contributed by atoms with Crippen LogP contribution in [0, 0.1) is 29.8 Å². The number of carbonyl (C=O) groups is 1. The van der Waals surface area contributed by atoms with Crippen molar-refractivity contribution < 1.29 is 22.5 Å². The summed E-state index contributed by atoms with van der Waals surface area (Å²) < 4.78 is 41.6. The van der Waals surface area contributed by atoms with E-state index in [0.717, 1.165) is 12.1 Å². The number of nitrogens with one attached hydrogen (secondary N) is 2. The normalized spacial score (nSPS) is 11.1. The van der Waals surface area contributed by atoms with E-state index in [1.165, 1.54) is 48.5 Å². The SMILES string of the molecule is Cc1ccc(C(=O)Nc2ccc(C)c(S(=O)(=O)Nc3ccccc3F)c2)cc1[N+](=O)[O-]. The highest BCUT2D eigenvalue weighted by Crippen LogP contribution is 2.25. The number of sulfonamides is 1. The molecule has 0 aromatic heterocycles. The van der Waals surface area contributed by atoms with Gasteiger partial charge in [0.1, 0.15) is 5.82 Å². The van der Waals surface area contributed by atoms with Crippen LogP contribution < -0.4 is 10.0 Å². The van der Waals surface area contributed by atoms with Crippen molar-refractivity contribution in [3.05, 3.63) is 93.3 Å². The molecule has 0 unspecified atom stereocenters. The number of nitro groups is 1. The fraction of sp³-hybridized carbons (Fsp3) is 0.0952. The summed E-state index contributed by atoms with van der Waals surface area (Å²) in [5.41, 5.74) is 0.592. The van der Waals surface area contributed by atoms with Gasteiger partial charge in [0.2, 0.25) is 0 Å². The summed E-state index contributed by atoms with van der Waals surface area (Å²) in [7, 11) is -4.14. The third-order valence-corrected chi connectivity index (χ3v) is 6.03. The predicted octanol–water partition coefficient (Wildman–Crippen LogP) is 4.40. The third-order valence-electron chi connectivity index (χ3n) is 4.52. The molecule has 0 radical (unpaired) electrons. The second-order valence-corrected chi connectivity index (χ2v) is 8.43. The lowest BCUT2D eigenvalue weighted by atomic mass is 10.1. The van der Waals surface area contributed by atoms with Crippen molar-refractivity contribution in [1.29, 1.82) is 0 Å². The quantitative estimate of drug-likeness (QED) is 0.432. The summed E-state index contributed by atoms with van der Waals surface area (Å²) in [4.78, 5) is 22.9. The summed E-state index contributed by atoms with van der Waals surface area (Å²) >= 11 is 0. The van der Waals surface area contributed by atoms with Gasteiger partial charge in [-0.3, -0.25) is 19.6 Å². The van der Waals surface area contributed by atoms with Gasteiger partial charge in [-0.2, -0.15) is 0 Å². The summed E-state index contributed by atoms with van der Waals surface area (Å²) in [5.74, 6) is -1.37. The Balaban J connectivity index is 1.89. The van der Waals surface area contributed by atoms with Crippen LogP contribution >= 0.6 is 0 Å². The number of para-hydroxylation sites is 1. The van der Waals surface area contributed by atoms with Crippen molar-refractivity contribution in [2.75, 3.05) is 10.0 Å². The van der Waals surface area contributed by atoms with E-state index in [4.69, 9.17) is 0 Å². The van der Waals surface area contributed by atoms with Gasteiger partial charge in [0.15, 0.2) is 0 Å². The van der Waals surface area contributed by atoms with Crippen LogP contribution in [0.15, 0.2) is 65.6 Å². The first-order chi connectivity index (χ1) is 14.6. The zero-order chi connectivity index (χ0) is 22.8. The Labute approximate surface area is 177 Å². The molecule has 8 nitrogen and oxygen atoms in total. The lowest BCUT2D eigenvalue weighted by Gasteiger charge is -2.13. The van der Waals surface area contributed by atoms with Crippen molar-refractivity contribution in [1.82, 2.24) is 0 Å². The number of benzene rings is 3. The Morgan fingerprint density at radius 2 is 1.68 bits per heavy atom. The molecule has 160 valence electrons. The van der Waals surface area contributed by atoms with Crippen LogP contribution in [0.3, 0.4) is 0 Å². The van der Waals surface area contributed by atoms with Gasteiger partial charge in [-0.25, -0.2) is 12.8 Å². The van der Waals surface area contributed by atoms with Crippen LogP contribution in [-0.2, 0) is 10.0 Å². The van der Waals surface area contributed by atoms with Gasteiger partial charge in [-0.05, 0) is 49.7 Å². The Bertz CT molecular complexity index is 1290. The van der Waals surface area contributed by atoms with Crippen molar-refractivity contribution in [2.24, 2.45) is 0 Å². The molecule has 0 aliphatic heterocycles. The van der Waals surface area contributed by atoms with Crippen LogP contribution in [0.1, 0.15) is 21.5 Å². The van der Waals surface area contributed by atoms with E-state index < -0.39 is 26.7 Å². The molecule has 3 aromatic rings. The standard InChI is InChI=1S/C21H18FN3O5S/c1-13-7-9-15(11-19(13)25(27)28)21(26)23-16-10-8-14(2)20(12-16)31(29,30)24-18-6-4-3-5-17(18)22/h3-12,24H,1-2H3,(H,23,26). The maximum atomic E-state index is 13.9. The maximum absolute atomic E-state index is 13.9. The lowest BCUT2D eigenvalue weighted by molar-refractivity contribution is -0.385. The van der Waals surface area contributed by atoms with Crippen molar-refractivity contribution in [2.45, 2.75) is 18.7 Å². The minimum absolute atomic E-state index is 0.0479. The second-order valence-electron chi connectivity index (χ2n) is 6.78. The van der Waals surface area contributed by atoms with Gasteiger partial charge in [0, 0.05) is 22.9 Å². The van der Waals surface area contributed by atoms with Crippen molar-refractivity contribution in [3.63, 3.8) is 0 Å². The van der Waals surface area contributed by atoms with Crippen LogP contribution in [0.2, 0.25) is 0 Å². The first-order valence-electron chi connectivity index (χ1n) is 9.03. The Hall–Kier alpha value is -3.79. The minimum atomic E-state index is -4.14. The summed E-state index contributed by atoms with van der Waals surface area (Å²) in [6.45, 7) is 3.12. The fourth-order valence-corrected chi connectivity index (χ4v) is 4.20. The molecule has 0 saturated heterocycles. The lowest BCUT2D eigenvalue weighted by Crippen LogP contribution is -2.17. The highest BCUT2D eigenvalue weighted by atomic mass is 32.2. The summed E-state index contributed by atoms with van der Waals surface area (Å²) in [6.07, 6.45) is 0. The predicted molar refractivity (Wildman–Crippen MR) is 114 cm³/mol. The molecule has 1 amide bonds. The second kappa shape index (κ2) is 8.52. The molecule has 0 fully saturated rings. The van der Waals surface area contributed by atoms with Gasteiger partial charge in [0.25, 0.3) is 21.6 Å². The Kier molecular flexibility index (Phi) is 6.02. The first-order valence-corrected chi connectivity index (χ1v) is 10.5. The highest BCUT2D eigenvalue weighted by Gasteiger charge is 2.20. The van der Waals surface area contributed by atoms with Crippen LogP contribution in [-0.4, -0.2) is 19.2 Å². The van der Waals surface area contributed by atoms with Crippen LogP contribution in [0.25, 0.3) is 0 Å². The number of hydrogen-bond donors (Lipinski definition) is 2. The average Bonchev–Trinajstić information content (AvgIpc) is 2.71. The van der Waals surface area contributed by atoms with Gasteiger partial charge in [0.05, 0.1) is 15.5 Å². The average molecular weight is 443 g/mol. The van der Waals surface area contributed by atoms with E-state index in [1.54, 1.807) is 13.8 Å². The number of rotatable bonds is 6. The highest BCUT2D eigenvalue weighted by molar-refractivity contribution is 7.92. The zero-order valence-corrected chi connectivity index (χ0v) is 17.4. The van der Waals surface area contributed by atoms with Gasteiger partial charge in [-0.1, -0.05) is 24.3 Å². The van der Waals surface area contributed by atoms with Gasteiger partial charge < -0.3 is 5.32 Å². The molecule has 0 heterocycles. The molecular formula is C21H18FN3O5S. The minimum Gasteiger partial charge on any atom is -0.322 e. The largest absolute Gasteiger partial charge is 0.322 e. The maximum Gasteiger partial charge on any atom is 0.273 e. The van der Waals surface area contributed by atoms with E-state index >= 15 is 0 Å². The van der Waals surface area contributed by atoms with E-state index in [1.807, 2.05) is 0 Å². The van der Waals surface area contributed by atoms with Gasteiger partial charge in [-0.15, -0.1) is 0 Å². The van der Waals surface area contributed by atoms with Gasteiger partial charge >= 0.3 is 0 Å². The number of aryl methyl sites for hydroxylation is 2. The monoisotopic (exact) mass is 443 g/mol. The fourth-order valence-electron chi connectivity index (χ4n) is 2.86. The molecule has 0 aliphatic carbocycles. The Morgan fingerprint density at radius 3 is 2.35 bits per heavy atom. The third kappa shape index (κ3) is 4.86. The van der Waals surface area contributed by atoms with E-state index in [0.29, 0.717) is 11.1 Å². The number of carbonyl (C=O) groups excluding carboxylic acids is 1. The molecule has 2 N–H and O–H groups in total. The van der Waals surface area contributed by atoms with E-state index in [2.05, 4.69) is 10.0 Å². The van der Waals surface area contributed by atoms with E-state index in [9.17, 15) is 27.7 Å². The van der Waals surface area contributed by atoms with Crippen LogP contribution in [0.5, 0.6) is 0 Å². The smallest absolute Gasteiger partial charge is 0.273 e. The summed E-state index contributed by atoms with van der Waals surface area (Å²) in [6, 6.07) is 13.6. The number of anilines is 2. The molecule has 0 spiro atoms. The topological polar surface area (TPSA) is 118 Å². The number of nitrogens with zero attached hydrogens (tertiary/aromatic N) is 1. The molecule has 0 bridgehead atoms. The molecule has 3 aromatic carbocycles. The molecule has 31 heavy (non-hydrogen) atoms. The van der Waals surface area contributed by atoms with Crippen molar-refractivity contribution >= 4 is 33.0 Å². The molecule has 0 aliphatic rings. The number of nitro benzene ring substituents is 1. The molecular weight excluding hydrogens is 425 g/mol. The molecule has 10 heteroatoms. The summed E-state index contributed by atoms with van der Waals surface area (Å²) in [5, 5.41) is 13.6. The molecule has 3 rings (SSSR count). The zero-order valence-electron chi connectivity index (χ0n) is 16.5. The molecule has 0 saturated carbocycles. The van der Waals surface area contributed by atoms with Crippen molar-refractivity contribution in [3.8, 4) is 0 Å². The van der Waals surface area contributed by atoms with E-state index in [-0.39, 0.29) is 27.5 Å².